The zero-order valence-electron chi connectivity index (χ0n) is 16.2. The first-order valence-electron chi connectivity index (χ1n) is 11.0. The number of nitrogens with one attached hydrogen (secondary N) is 1. The van der Waals surface area contributed by atoms with Crippen LogP contribution in [0.25, 0.3) is 0 Å². The van der Waals surface area contributed by atoms with Gasteiger partial charge in [0.25, 0.3) is 0 Å². The highest BCUT2D eigenvalue weighted by Gasteiger charge is 2.54. The number of hydrogen-bond donors (Lipinski definition) is 1. The molecule has 5 saturated carbocycles. The van der Waals surface area contributed by atoms with Crippen molar-refractivity contribution in [3.05, 3.63) is 0 Å². The van der Waals surface area contributed by atoms with Crippen LogP contribution < -0.4 is 10.4 Å². The fraction of sp³-hybridized carbons (Fsp3) is 0.909. The molecule has 5 aliphatic rings. The van der Waals surface area contributed by atoms with Crippen molar-refractivity contribution in [1.82, 2.24) is 5.32 Å². The molecule has 0 heterocycles. The lowest BCUT2D eigenvalue weighted by molar-refractivity contribution is -0.314. The van der Waals surface area contributed by atoms with Gasteiger partial charge in [0.05, 0.1) is 0 Å². The van der Waals surface area contributed by atoms with Gasteiger partial charge in [0.2, 0.25) is 5.91 Å². The van der Waals surface area contributed by atoms with Gasteiger partial charge in [0.1, 0.15) is 0 Å². The molecule has 5 fully saturated rings. The molecular weight excluding hydrogens is 326 g/mol. The Morgan fingerprint density at radius 2 is 1.54 bits per heavy atom. The quantitative estimate of drug-likeness (QED) is 0.791. The van der Waals surface area contributed by atoms with Gasteiger partial charge in [-0.05, 0) is 81.0 Å². The second-order valence-electron chi connectivity index (χ2n) is 9.95. The van der Waals surface area contributed by atoms with Gasteiger partial charge in [0, 0.05) is 23.8 Å². The Kier molecular flexibility index (Phi) is 5.04. The summed E-state index contributed by atoms with van der Waals surface area (Å²) in [5.41, 5.74) is 0.284. The topological polar surface area (TPSA) is 69.2 Å². The second kappa shape index (κ2) is 7.16. The molecule has 1 amide bonds. The fourth-order valence-electron chi connectivity index (χ4n) is 7.43. The average Bonchev–Trinajstić information content (AvgIpc) is 2.60. The summed E-state index contributed by atoms with van der Waals surface area (Å²) < 4.78 is 0. The van der Waals surface area contributed by atoms with Gasteiger partial charge in [-0.3, -0.25) is 4.79 Å². The van der Waals surface area contributed by atoms with E-state index in [9.17, 15) is 14.7 Å². The van der Waals surface area contributed by atoms with E-state index in [1.54, 1.807) is 0 Å². The number of hydrogen-bond acceptors (Lipinski definition) is 3. The molecule has 5 rings (SSSR count). The van der Waals surface area contributed by atoms with Crippen molar-refractivity contribution >= 4 is 11.9 Å². The van der Waals surface area contributed by atoms with Crippen molar-refractivity contribution < 1.29 is 14.7 Å². The van der Waals surface area contributed by atoms with Gasteiger partial charge >= 0.3 is 0 Å². The van der Waals surface area contributed by atoms with Gasteiger partial charge in [0.15, 0.2) is 0 Å². The van der Waals surface area contributed by atoms with Crippen molar-refractivity contribution in [2.75, 3.05) is 0 Å². The van der Waals surface area contributed by atoms with Crippen molar-refractivity contribution in [1.29, 1.82) is 0 Å². The third-order valence-corrected chi connectivity index (χ3v) is 8.12. The van der Waals surface area contributed by atoms with Crippen molar-refractivity contribution in [2.45, 2.75) is 90.0 Å². The number of aliphatic carboxylic acids is 1. The van der Waals surface area contributed by atoms with E-state index in [4.69, 9.17) is 0 Å². The van der Waals surface area contributed by atoms with Crippen LogP contribution in [0.5, 0.6) is 0 Å². The summed E-state index contributed by atoms with van der Waals surface area (Å²) >= 11 is 0. The maximum Gasteiger partial charge on any atom is 0.224 e. The van der Waals surface area contributed by atoms with Crippen LogP contribution in [0.1, 0.15) is 84.0 Å². The number of amides is 1. The summed E-state index contributed by atoms with van der Waals surface area (Å²) in [6.07, 6.45) is 13.3. The third-order valence-electron chi connectivity index (χ3n) is 8.12. The first-order chi connectivity index (χ1) is 12.5. The Morgan fingerprint density at radius 1 is 1.00 bits per heavy atom. The predicted octanol–water partition coefficient (Wildman–Crippen LogP) is 3.04. The second-order valence-corrected chi connectivity index (χ2v) is 9.95. The number of rotatable bonds is 6. The monoisotopic (exact) mass is 360 g/mol. The number of carboxylic acids is 1. The highest BCUT2D eigenvalue weighted by atomic mass is 16.4. The summed E-state index contributed by atoms with van der Waals surface area (Å²) in [4.78, 5) is 24.6. The lowest BCUT2D eigenvalue weighted by Gasteiger charge is -2.59. The van der Waals surface area contributed by atoms with Crippen molar-refractivity contribution in [3.8, 4) is 0 Å². The first-order valence-corrected chi connectivity index (χ1v) is 11.0. The Labute approximate surface area is 157 Å². The Bertz CT molecular complexity index is 522. The van der Waals surface area contributed by atoms with E-state index in [2.05, 4.69) is 12.2 Å². The molecular formula is C22H34NO3-. The average molecular weight is 361 g/mol. The lowest BCUT2D eigenvalue weighted by Crippen LogP contribution is -2.58. The van der Waals surface area contributed by atoms with Crippen molar-refractivity contribution in [3.63, 3.8) is 0 Å². The van der Waals surface area contributed by atoms with Crippen LogP contribution in [-0.4, -0.2) is 17.9 Å². The van der Waals surface area contributed by atoms with E-state index in [0.29, 0.717) is 12.8 Å². The molecule has 0 aromatic rings. The molecule has 0 aromatic heterocycles. The summed E-state index contributed by atoms with van der Waals surface area (Å²) in [5, 5.41) is 14.9. The number of carboxylic acid groups (broad SMARTS) is 1. The van der Waals surface area contributed by atoms with E-state index in [1.807, 2.05) is 0 Å². The highest BCUT2D eigenvalue weighted by Crippen LogP contribution is 2.61. The van der Waals surface area contributed by atoms with Gasteiger partial charge < -0.3 is 15.2 Å². The molecule has 0 radical (unpaired) electrons. The molecule has 4 nitrogen and oxygen atoms in total. The number of carbonyl (C=O) groups excluding carboxylic acids is 2. The van der Waals surface area contributed by atoms with Crippen LogP contribution in [0.2, 0.25) is 0 Å². The van der Waals surface area contributed by atoms with E-state index >= 15 is 0 Å². The normalized spacial score (nSPS) is 42.4. The smallest absolute Gasteiger partial charge is 0.224 e. The first kappa shape index (κ1) is 18.3. The zero-order valence-corrected chi connectivity index (χ0v) is 16.2. The van der Waals surface area contributed by atoms with E-state index in [0.717, 1.165) is 43.4 Å². The molecule has 0 saturated heterocycles. The van der Waals surface area contributed by atoms with Crippen LogP contribution in [0.4, 0.5) is 0 Å². The van der Waals surface area contributed by atoms with Crippen molar-refractivity contribution in [2.24, 2.45) is 35.0 Å². The molecule has 4 heteroatoms. The minimum atomic E-state index is -1.04. The molecule has 1 N–H and O–H groups in total. The molecule has 4 bridgehead atoms. The predicted molar refractivity (Wildman–Crippen MR) is 97.9 cm³/mol. The minimum Gasteiger partial charge on any atom is -0.550 e. The SMILES string of the molecule is CCC[C@H](NC(=O)[C@H]1CCCC[C@@H]1C(=O)[O-])C12CC3CC(CC(C3)C1)C2. The maximum absolute atomic E-state index is 13.1. The fourth-order valence-corrected chi connectivity index (χ4v) is 7.43. The molecule has 146 valence electrons. The Morgan fingerprint density at radius 3 is 2.04 bits per heavy atom. The maximum atomic E-state index is 13.1. The van der Waals surface area contributed by atoms with Crippen LogP contribution >= 0.6 is 0 Å². The number of carbonyl (C=O) groups is 2. The van der Waals surface area contributed by atoms with Gasteiger partial charge in [-0.15, -0.1) is 0 Å². The van der Waals surface area contributed by atoms with Crippen LogP contribution in [0, 0.1) is 35.0 Å². The van der Waals surface area contributed by atoms with E-state index in [1.165, 1.54) is 38.5 Å². The summed E-state index contributed by atoms with van der Waals surface area (Å²) in [6.45, 7) is 2.20. The van der Waals surface area contributed by atoms with Crippen LogP contribution in [0.15, 0.2) is 0 Å². The minimum absolute atomic E-state index is 0.00639. The largest absolute Gasteiger partial charge is 0.550 e. The lowest BCUT2D eigenvalue weighted by atomic mass is 9.47. The highest BCUT2D eigenvalue weighted by molar-refractivity contribution is 5.84. The molecule has 0 spiro atoms. The molecule has 0 unspecified atom stereocenters. The Balaban J connectivity index is 1.50. The molecule has 26 heavy (non-hydrogen) atoms. The van der Waals surface area contributed by atoms with Gasteiger partial charge in [-0.25, -0.2) is 0 Å². The summed E-state index contributed by atoms with van der Waals surface area (Å²) in [6, 6.07) is 0.234. The molecule has 3 atom stereocenters. The molecule has 0 aliphatic heterocycles. The van der Waals surface area contributed by atoms with Gasteiger partial charge in [-0.1, -0.05) is 26.2 Å². The molecule has 0 aromatic carbocycles. The molecule has 5 aliphatic carbocycles. The zero-order chi connectivity index (χ0) is 18.3. The summed E-state index contributed by atoms with van der Waals surface area (Å²) in [7, 11) is 0. The van der Waals surface area contributed by atoms with Crippen LogP contribution in [-0.2, 0) is 9.59 Å². The third kappa shape index (κ3) is 3.29. The standard InChI is InChI=1S/C22H35NO3/c1-2-5-19(22-11-14-8-15(12-22)10-16(9-14)13-22)23-20(24)17-6-3-4-7-18(17)21(25)26/h14-19H,2-13H2,1H3,(H,23,24)(H,25,26)/p-1/t14?,15?,16?,17-,18-,19-,22?/m0/s1. The van der Waals surface area contributed by atoms with Gasteiger partial charge in [-0.2, -0.15) is 0 Å². The summed E-state index contributed by atoms with van der Waals surface area (Å²) in [5.74, 6) is 0.568. The Hall–Kier alpha value is -1.06. The van der Waals surface area contributed by atoms with E-state index in [-0.39, 0.29) is 23.3 Å². The van der Waals surface area contributed by atoms with E-state index < -0.39 is 11.9 Å². The van der Waals surface area contributed by atoms with Crippen LogP contribution in [0.3, 0.4) is 0 Å².